The van der Waals surface area contributed by atoms with Crippen molar-refractivity contribution in [2.45, 2.75) is 64.6 Å². The third-order valence-corrected chi connectivity index (χ3v) is 7.74. The van der Waals surface area contributed by atoms with Crippen LogP contribution in [-0.4, -0.2) is 61.7 Å². The first-order chi connectivity index (χ1) is 18.0. The number of amides is 2. The highest BCUT2D eigenvalue weighted by atomic mass is 32.1. The number of hydrogen-bond donors (Lipinski definition) is 3. The van der Waals surface area contributed by atoms with Crippen LogP contribution in [0.25, 0.3) is 10.4 Å². The summed E-state index contributed by atoms with van der Waals surface area (Å²) in [7, 11) is 0. The SMILES string of the molecule is Cc1cc([C@H](C(=O)N2C[C@H](O)C[C@H]2C(=O)N[C@@H](CC(=O)O)c2ccc(-c3scnc3C)cc2)C(C)C)on1. The Morgan fingerprint density at radius 1 is 1.21 bits per heavy atom. The lowest BCUT2D eigenvalue weighted by atomic mass is 9.91. The third kappa shape index (κ3) is 5.94. The Balaban J connectivity index is 1.55. The average molecular weight is 541 g/mol. The topological polar surface area (TPSA) is 146 Å². The highest BCUT2D eigenvalue weighted by molar-refractivity contribution is 7.13. The van der Waals surface area contributed by atoms with Gasteiger partial charge in [-0.15, -0.1) is 11.3 Å². The van der Waals surface area contributed by atoms with Gasteiger partial charge in [-0.05, 0) is 30.9 Å². The van der Waals surface area contributed by atoms with Gasteiger partial charge in [-0.3, -0.25) is 14.4 Å². The number of aliphatic hydroxyl groups is 1. The van der Waals surface area contributed by atoms with E-state index >= 15 is 0 Å². The maximum Gasteiger partial charge on any atom is 0.305 e. The third-order valence-electron chi connectivity index (χ3n) is 6.77. The van der Waals surface area contributed by atoms with E-state index in [1.165, 1.54) is 16.2 Å². The van der Waals surface area contributed by atoms with E-state index in [1.54, 1.807) is 30.6 Å². The molecular formula is C27H32N4O6S. The number of carbonyl (C=O) groups excluding carboxylic acids is 2. The minimum Gasteiger partial charge on any atom is -0.481 e. The second-order valence-electron chi connectivity index (χ2n) is 10.0. The molecule has 4 atom stereocenters. The van der Waals surface area contributed by atoms with Crippen molar-refractivity contribution in [2.24, 2.45) is 5.92 Å². The van der Waals surface area contributed by atoms with Crippen LogP contribution in [0.15, 0.2) is 40.4 Å². The lowest BCUT2D eigenvalue weighted by molar-refractivity contribution is -0.142. The molecule has 3 heterocycles. The molecular weight excluding hydrogens is 508 g/mol. The largest absolute Gasteiger partial charge is 0.481 e. The van der Waals surface area contributed by atoms with Crippen molar-refractivity contribution in [1.82, 2.24) is 20.4 Å². The van der Waals surface area contributed by atoms with Gasteiger partial charge in [-0.1, -0.05) is 43.3 Å². The van der Waals surface area contributed by atoms with Crippen molar-refractivity contribution in [1.29, 1.82) is 0 Å². The van der Waals surface area contributed by atoms with Gasteiger partial charge in [0.2, 0.25) is 11.8 Å². The van der Waals surface area contributed by atoms with E-state index < -0.39 is 36.0 Å². The molecule has 202 valence electrons. The number of carboxylic acids is 1. The van der Waals surface area contributed by atoms with Gasteiger partial charge in [0.05, 0.1) is 40.3 Å². The Labute approximate surface area is 224 Å². The van der Waals surface area contributed by atoms with Gasteiger partial charge in [0.1, 0.15) is 17.7 Å². The number of aliphatic carboxylic acids is 1. The molecule has 2 aromatic heterocycles. The van der Waals surface area contributed by atoms with Crippen LogP contribution in [0.1, 0.15) is 61.4 Å². The van der Waals surface area contributed by atoms with Crippen LogP contribution in [0.5, 0.6) is 0 Å². The molecule has 0 saturated carbocycles. The first-order valence-corrected chi connectivity index (χ1v) is 13.4. The first-order valence-electron chi connectivity index (χ1n) is 12.5. The van der Waals surface area contributed by atoms with Gasteiger partial charge in [-0.2, -0.15) is 0 Å². The van der Waals surface area contributed by atoms with Crippen molar-refractivity contribution >= 4 is 29.1 Å². The minimum atomic E-state index is -1.07. The normalized spacial score (nSPS) is 18.9. The molecule has 4 rings (SSSR count). The number of aryl methyl sites for hydroxylation is 2. The number of carbonyl (C=O) groups is 3. The standard InChI is InChI=1S/C27H32N4O6S/c1-14(2)24(22-9-15(3)30-37-22)27(36)31-12-19(32)10-21(31)26(35)29-20(11-23(33)34)17-5-7-18(8-6-17)25-16(4)28-13-38-25/h5-9,13-14,19-21,24,32H,10-12H2,1-4H3,(H,29,35)(H,33,34)/t19-,20+,21+,24-/m1/s1. The fourth-order valence-electron chi connectivity index (χ4n) is 4.89. The number of benzene rings is 1. The molecule has 1 aliphatic heterocycles. The van der Waals surface area contributed by atoms with Crippen LogP contribution >= 0.6 is 11.3 Å². The van der Waals surface area contributed by atoms with E-state index in [9.17, 15) is 24.6 Å². The minimum absolute atomic E-state index is 0.000244. The van der Waals surface area contributed by atoms with Crippen molar-refractivity contribution in [3.8, 4) is 10.4 Å². The summed E-state index contributed by atoms with van der Waals surface area (Å²) in [6.07, 6.45) is -1.15. The highest BCUT2D eigenvalue weighted by Crippen LogP contribution is 2.32. The van der Waals surface area contributed by atoms with E-state index in [0.29, 0.717) is 17.0 Å². The number of hydrogen-bond acceptors (Lipinski definition) is 8. The first kappa shape index (κ1) is 27.5. The number of likely N-dealkylation sites (tertiary alicyclic amines) is 1. The average Bonchev–Trinajstić information content (AvgIpc) is 3.58. The number of aromatic nitrogens is 2. The smallest absolute Gasteiger partial charge is 0.305 e. The van der Waals surface area contributed by atoms with Crippen LogP contribution in [0.3, 0.4) is 0 Å². The lowest BCUT2D eigenvalue weighted by Crippen LogP contribution is -2.49. The van der Waals surface area contributed by atoms with Gasteiger partial charge in [0.25, 0.3) is 0 Å². The zero-order valence-electron chi connectivity index (χ0n) is 21.7. The zero-order chi connectivity index (χ0) is 27.6. The van der Waals surface area contributed by atoms with Gasteiger partial charge in [-0.25, -0.2) is 4.98 Å². The van der Waals surface area contributed by atoms with Crippen LogP contribution in [0.4, 0.5) is 0 Å². The van der Waals surface area contributed by atoms with Crippen LogP contribution in [-0.2, 0) is 14.4 Å². The predicted molar refractivity (Wildman–Crippen MR) is 140 cm³/mol. The Morgan fingerprint density at radius 3 is 2.47 bits per heavy atom. The summed E-state index contributed by atoms with van der Waals surface area (Å²) in [4.78, 5) is 45.4. The number of thiazole rings is 1. The second-order valence-corrected chi connectivity index (χ2v) is 10.9. The van der Waals surface area contributed by atoms with E-state index in [0.717, 1.165) is 16.1 Å². The molecule has 1 aromatic carbocycles. The van der Waals surface area contributed by atoms with E-state index in [1.807, 2.05) is 32.9 Å². The fourth-order valence-corrected chi connectivity index (χ4v) is 5.70. The molecule has 3 N–H and O–H groups in total. The van der Waals surface area contributed by atoms with Crippen LogP contribution in [0, 0.1) is 19.8 Å². The molecule has 1 aliphatic rings. The molecule has 0 spiro atoms. The summed E-state index contributed by atoms with van der Waals surface area (Å²) in [5, 5.41) is 26.6. The van der Waals surface area contributed by atoms with Gasteiger partial charge in [0, 0.05) is 19.0 Å². The molecule has 0 aliphatic carbocycles. The zero-order valence-corrected chi connectivity index (χ0v) is 22.6. The Morgan fingerprint density at radius 2 is 1.92 bits per heavy atom. The Bertz CT molecular complexity index is 1300. The maximum absolute atomic E-state index is 13.6. The molecule has 3 aromatic rings. The van der Waals surface area contributed by atoms with Crippen molar-refractivity contribution in [3.63, 3.8) is 0 Å². The Kier molecular flexibility index (Phi) is 8.27. The van der Waals surface area contributed by atoms with Crippen LogP contribution < -0.4 is 5.32 Å². The molecule has 0 unspecified atom stereocenters. The molecule has 38 heavy (non-hydrogen) atoms. The summed E-state index contributed by atoms with van der Waals surface area (Å²) < 4.78 is 5.37. The molecule has 2 amide bonds. The highest BCUT2D eigenvalue weighted by Gasteiger charge is 2.43. The molecule has 0 bridgehead atoms. The molecule has 1 fully saturated rings. The number of rotatable bonds is 9. The van der Waals surface area contributed by atoms with E-state index in [2.05, 4.69) is 15.5 Å². The second kappa shape index (κ2) is 11.4. The summed E-state index contributed by atoms with van der Waals surface area (Å²) >= 11 is 1.52. The number of nitrogens with one attached hydrogen (secondary N) is 1. The fraction of sp³-hybridized carbons (Fsp3) is 0.444. The lowest BCUT2D eigenvalue weighted by Gasteiger charge is -2.30. The van der Waals surface area contributed by atoms with Gasteiger partial charge in [0.15, 0.2) is 0 Å². The summed E-state index contributed by atoms with van der Waals surface area (Å²) in [5.74, 6) is -2.33. The number of aliphatic hydroxyl groups excluding tert-OH is 1. The molecule has 1 saturated heterocycles. The van der Waals surface area contributed by atoms with Crippen LogP contribution in [0.2, 0.25) is 0 Å². The van der Waals surface area contributed by atoms with Crippen molar-refractivity contribution in [2.75, 3.05) is 6.54 Å². The van der Waals surface area contributed by atoms with Crippen molar-refractivity contribution < 1.29 is 29.1 Å². The van der Waals surface area contributed by atoms with Gasteiger partial charge >= 0.3 is 5.97 Å². The summed E-state index contributed by atoms with van der Waals surface area (Å²) in [6.45, 7) is 7.44. The summed E-state index contributed by atoms with van der Waals surface area (Å²) in [6, 6.07) is 7.26. The van der Waals surface area contributed by atoms with Crippen molar-refractivity contribution in [3.05, 3.63) is 58.6 Å². The number of carboxylic acid groups (broad SMARTS) is 1. The van der Waals surface area contributed by atoms with E-state index in [4.69, 9.17) is 4.52 Å². The molecule has 11 heteroatoms. The molecule has 10 nitrogen and oxygen atoms in total. The maximum atomic E-state index is 13.6. The summed E-state index contributed by atoms with van der Waals surface area (Å²) in [5.41, 5.74) is 4.89. The number of nitrogens with zero attached hydrogens (tertiary/aromatic N) is 3. The monoisotopic (exact) mass is 540 g/mol. The Hall–Kier alpha value is -3.57. The van der Waals surface area contributed by atoms with Gasteiger partial charge < -0.3 is 25.0 Å². The number of β-amino-alcohol motifs (C(OH)–C–C–N with tert-alkyl or cyclic N) is 1. The predicted octanol–water partition coefficient (Wildman–Crippen LogP) is 3.45. The quantitative estimate of drug-likeness (QED) is 0.374. The molecule has 0 radical (unpaired) electrons. The van der Waals surface area contributed by atoms with E-state index in [-0.39, 0.29) is 31.2 Å².